The van der Waals surface area contributed by atoms with Gasteiger partial charge in [0.15, 0.2) is 17.7 Å². The zero-order valence-corrected chi connectivity index (χ0v) is 13.9. The van der Waals surface area contributed by atoms with E-state index in [2.05, 4.69) is 4.99 Å². The van der Waals surface area contributed by atoms with Crippen LogP contribution in [0.5, 0.6) is 5.75 Å². The second-order valence-corrected chi connectivity index (χ2v) is 6.35. The fourth-order valence-corrected chi connectivity index (χ4v) is 3.39. The lowest BCUT2D eigenvalue weighted by Crippen LogP contribution is -2.48. The van der Waals surface area contributed by atoms with Crippen LogP contribution in [0, 0.1) is 6.92 Å². The molecule has 25 heavy (non-hydrogen) atoms. The van der Waals surface area contributed by atoms with E-state index >= 15 is 0 Å². The summed E-state index contributed by atoms with van der Waals surface area (Å²) in [6.45, 7) is 1.89. The van der Waals surface area contributed by atoms with Gasteiger partial charge in [-0.25, -0.2) is 9.38 Å². The minimum Gasteiger partial charge on any atom is -0.497 e. The first-order chi connectivity index (χ1) is 11.9. The summed E-state index contributed by atoms with van der Waals surface area (Å²) < 4.78 is 19.9. The van der Waals surface area contributed by atoms with Gasteiger partial charge in [-0.1, -0.05) is 6.07 Å². The van der Waals surface area contributed by atoms with E-state index in [1.54, 1.807) is 49.6 Å². The summed E-state index contributed by atoms with van der Waals surface area (Å²) in [4.78, 5) is 18.5. The van der Waals surface area contributed by atoms with Crippen molar-refractivity contribution in [3.63, 3.8) is 0 Å². The largest absolute Gasteiger partial charge is 0.497 e. The van der Waals surface area contributed by atoms with Gasteiger partial charge < -0.3 is 9.84 Å². The molecule has 0 amide bonds. The molecule has 1 N–H and O–H groups in total. The molecule has 0 spiro atoms. The van der Waals surface area contributed by atoms with Crippen LogP contribution in [0.25, 0.3) is 0 Å². The van der Waals surface area contributed by atoms with Crippen LogP contribution in [0.4, 0.5) is 15.8 Å². The number of amidine groups is 1. The number of ether oxygens (including phenoxy) is 1. The topological polar surface area (TPSA) is 62.1 Å². The molecule has 2 aromatic carbocycles. The van der Waals surface area contributed by atoms with E-state index in [1.165, 1.54) is 4.90 Å². The highest BCUT2D eigenvalue weighted by molar-refractivity contribution is 6.28. The lowest BCUT2D eigenvalue weighted by Gasteiger charge is -2.29. The third-order valence-corrected chi connectivity index (χ3v) is 4.69. The summed E-state index contributed by atoms with van der Waals surface area (Å²) in [6, 6.07) is 11.9. The Morgan fingerprint density at radius 1 is 1.28 bits per heavy atom. The number of aliphatic imine (C=N–C) groups is 1. The number of anilines is 1. The number of rotatable bonds is 2. The first kappa shape index (κ1) is 15.8. The lowest BCUT2D eigenvalue weighted by molar-refractivity contribution is 0.0549. The lowest BCUT2D eigenvalue weighted by atomic mass is 9.87. The number of carbonyl (C=O) groups is 1. The third kappa shape index (κ3) is 2.25. The molecule has 2 aliphatic heterocycles. The SMILES string of the molecule is COc1ccc(N2C3=Nc4cc(C)ccc4C(=O)C3(O)C[C@@H]2F)cc1. The van der Waals surface area contributed by atoms with Gasteiger partial charge in [-0.15, -0.1) is 0 Å². The number of Topliss-reactive ketones (excluding diaryl/α,β-unsaturated/α-hetero) is 1. The summed E-state index contributed by atoms with van der Waals surface area (Å²) in [5, 5.41) is 10.9. The van der Waals surface area contributed by atoms with Crippen LogP contribution >= 0.6 is 0 Å². The zero-order chi connectivity index (χ0) is 17.8. The second kappa shape index (κ2) is 5.39. The predicted octanol–water partition coefficient (Wildman–Crippen LogP) is 3.17. The van der Waals surface area contributed by atoms with Crippen molar-refractivity contribution >= 4 is 23.0 Å². The van der Waals surface area contributed by atoms with Gasteiger partial charge in [0.1, 0.15) is 5.75 Å². The standard InChI is InChI=1S/C19H17FN2O3/c1-11-3-8-14-15(9-11)21-18-19(24,17(14)23)10-16(20)22(18)12-4-6-13(25-2)7-5-12/h3-9,16,24H,10H2,1-2H3/t16-,19?/m1/s1. The normalized spacial score (nSPS) is 24.6. The summed E-state index contributed by atoms with van der Waals surface area (Å²) in [6.07, 6.45) is -1.89. The Morgan fingerprint density at radius 2 is 2.00 bits per heavy atom. The van der Waals surface area contributed by atoms with Crippen LogP contribution in [0.1, 0.15) is 22.3 Å². The number of halogens is 1. The van der Waals surface area contributed by atoms with Crippen molar-refractivity contribution in [2.24, 2.45) is 4.99 Å². The van der Waals surface area contributed by atoms with Crippen molar-refractivity contribution < 1.29 is 19.0 Å². The van der Waals surface area contributed by atoms with E-state index in [0.717, 1.165) is 5.56 Å². The summed E-state index contributed by atoms with van der Waals surface area (Å²) in [5.74, 6) is 0.163. The van der Waals surface area contributed by atoms with Crippen molar-refractivity contribution in [1.29, 1.82) is 0 Å². The molecule has 128 valence electrons. The Kier molecular flexibility index (Phi) is 3.40. The number of nitrogens with zero attached hydrogens (tertiary/aromatic N) is 2. The molecule has 2 aliphatic rings. The van der Waals surface area contributed by atoms with Gasteiger partial charge in [-0.05, 0) is 48.9 Å². The maximum atomic E-state index is 14.8. The quantitative estimate of drug-likeness (QED) is 0.853. The molecular formula is C19H17FN2O3. The maximum absolute atomic E-state index is 14.8. The smallest absolute Gasteiger partial charge is 0.204 e. The number of methoxy groups -OCH3 is 1. The Morgan fingerprint density at radius 3 is 2.68 bits per heavy atom. The maximum Gasteiger partial charge on any atom is 0.204 e. The van der Waals surface area contributed by atoms with E-state index in [-0.39, 0.29) is 12.3 Å². The minimum atomic E-state index is -1.94. The number of aryl methyl sites for hydroxylation is 1. The fraction of sp³-hybridized carbons (Fsp3) is 0.263. The van der Waals surface area contributed by atoms with E-state index < -0.39 is 17.7 Å². The van der Waals surface area contributed by atoms with Crippen LogP contribution in [0.3, 0.4) is 0 Å². The molecule has 0 bridgehead atoms. The Bertz CT molecular complexity index is 894. The fourth-order valence-electron chi connectivity index (χ4n) is 3.39. The molecule has 0 radical (unpaired) electrons. The highest BCUT2D eigenvalue weighted by Gasteiger charge is 2.56. The zero-order valence-electron chi connectivity index (χ0n) is 13.9. The van der Waals surface area contributed by atoms with E-state index in [4.69, 9.17) is 4.74 Å². The third-order valence-electron chi connectivity index (χ3n) is 4.69. The summed E-state index contributed by atoms with van der Waals surface area (Å²) in [7, 11) is 1.55. The van der Waals surface area contributed by atoms with Crippen LogP contribution in [0.2, 0.25) is 0 Å². The molecule has 1 saturated heterocycles. The number of carbonyl (C=O) groups excluding carboxylic acids is 1. The van der Waals surface area contributed by atoms with Crippen molar-refractivity contribution in [3.8, 4) is 5.75 Å². The predicted molar refractivity (Wildman–Crippen MR) is 92.5 cm³/mol. The van der Waals surface area contributed by atoms with Crippen LogP contribution in [-0.4, -0.2) is 35.7 Å². The van der Waals surface area contributed by atoms with E-state index in [0.29, 0.717) is 22.7 Å². The molecular weight excluding hydrogens is 323 g/mol. The number of hydrogen-bond acceptors (Lipinski definition) is 5. The minimum absolute atomic E-state index is 0.0354. The number of alkyl halides is 1. The van der Waals surface area contributed by atoms with E-state index in [9.17, 15) is 14.3 Å². The van der Waals surface area contributed by atoms with Gasteiger partial charge >= 0.3 is 0 Å². The highest BCUT2D eigenvalue weighted by Crippen LogP contribution is 2.42. The first-order valence-corrected chi connectivity index (χ1v) is 7.98. The number of ketones is 1. The Labute approximate surface area is 144 Å². The van der Waals surface area contributed by atoms with Crippen LogP contribution in [-0.2, 0) is 0 Å². The monoisotopic (exact) mass is 340 g/mol. The molecule has 4 rings (SSSR count). The molecule has 2 aromatic rings. The molecule has 6 heteroatoms. The molecule has 1 unspecified atom stereocenters. The second-order valence-electron chi connectivity index (χ2n) is 6.35. The molecule has 2 atom stereocenters. The average Bonchev–Trinajstić information content (AvgIpc) is 2.86. The molecule has 0 aromatic heterocycles. The van der Waals surface area contributed by atoms with Crippen LogP contribution < -0.4 is 9.64 Å². The van der Waals surface area contributed by atoms with Crippen LogP contribution in [0.15, 0.2) is 47.5 Å². The number of aliphatic hydroxyl groups is 1. The van der Waals surface area contributed by atoms with Crippen molar-refractivity contribution in [2.75, 3.05) is 12.0 Å². The summed E-state index contributed by atoms with van der Waals surface area (Å²) in [5.41, 5.74) is 0.277. The van der Waals surface area contributed by atoms with Crippen molar-refractivity contribution in [3.05, 3.63) is 53.6 Å². The molecule has 0 aliphatic carbocycles. The van der Waals surface area contributed by atoms with Gasteiger partial charge in [-0.2, -0.15) is 0 Å². The summed E-state index contributed by atoms with van der Waals surface area (Å²) >= 11 is 0. The van der Waals surface area contributed by atoms with Gasteiger partial charge in [-0.3, -0.25) is 9.69 Å². The first-order valence-electron chi connectivity index (χ1n) is 7.98. The number of fused-ring (bicyclic) bond motifs is 2. The average molecular weight is 340 g/mol. The van der Waals surface area contributed by atoms with Crippen molar-refractivity contribution in [1.82, 2.24) is 0 Å². The Hall–Kier alpha value is -2.73. The molecule has 0 saturated carbocycles. The Balaban J connectivity index is 1.86. The van der Waals surface area contributed by atoms with Gasteiger partial charge in [0.25, 0.3) is 0 Å². The van der Waals surface area contributed by atoms with Gasteiger partial charge in [0.05, 0.1) is 12.8 Å². The van der Waals surface area contributed by atoms with Crippen molar-refractivity contribution in [2.45, 2.75) is 25.2 Å². The number of benzene rings is 2. The van der Waals surface area contributed by atoms with Gasteiger partial charge in [0, 0.05) is 17.7 Å². The molecule has 2 heterocycles. The number of hydrogen-bond donors (Lipinski definition) is 1. The van der Waals surface area contributed by atoms with E-state index in [1.807, 2.05) is 6.92 Å². The highest BCUT2D eigenvalue weighted by atomic mass is 19.1. The molecule has 5 nitrogen and oxygen atoms in total. The van der Waals surface area contributed by atoms with Gasteiger partial charge in [0.2, 0.25) is 5.78 Å². The molecule has 1 fully saturated rings.